The maximum absolute atomic E-state index is 5.72. The molecule has 100 valence electrons. The minimum absolute atomic E-state index is 0.0653. The van der Waals surface area contributed by atoms with E-state index in [-0.39, 0.29) is 11.5 Å². The van der Waals surface area contributed by atoms with Gasteiger partial charge in [-0.1, -0.05) is 6.92 Å². The third-order valence-electron chi connectivity index (χ3n) is 3.20. The lowest BCUT2D eigenvalue weighted by atomic mass is 10.0. The largest absolute Gasteiger partial charge is 0.463 e. The predicted molar refractivity (Wildman–Crippen MR) is 70.7 cm³/mol. The zero-order chi connectivity index (χ0) is 13.2. The Morgan fingerprint density at radius 2 is 2.11 bits per heavy atom. The van der Waals surface area contributed by atoms with Crippen molar-refractivity contribution in [3.63, 3.8) is 0 Å². The van der Waals surface area contributed by atoms with E-state index in [1.807, 2.05) is 6.92 Å². The molecule has 0 unspecified atom stereocenters. The number of anilines is 2. The molecule has 1 aromatic rings. The molecular formula is C12H21N5O. The second kappa shape index (κ2) is 4.96. The summed E-state index contributed by atoms with van der Waals surface area (Å²) in [6.45, 7) is 7.95. The topological polar surface area (TPSA) is 77.2 Å². The summed E-state index contributed by atoms with van der Waals surface area (Å²) in [6, 6.07) is 0.321. The first-order chi connectivity index (χ1) is 8.53. The monoisotopic (exact) mass is 251 g/mol. The van der Waals surface area contributed by atoms with Crippen LogP contribution in [-0.2, 0) is 0 Å². The number of nitrogen functional groups attached to an aromatic ring is 1. The van der Waals surface area contributed by atoms with Crippen molar-refractivity contribution in [2.24, 2.45) is 0 Å². The van der Waals surface area contributed by atoms with Gasteiger partial charge in [-0.15, -0.1) is 0 Å². The highest BCUT2D eigenvalue weighted by atomic mass is 16.5. The van der Waals surface area contributed by atoms with Crippen LogP contribution in [0.2, 0.25) is 0 Å². The van der Waals surface area contributed by atoms with Crippen LogP contribution in [0.4, 0.5) is 11.9 Å². The molecule has 0 saturated carbocycles. The quantitative estimate of drug-likeness (QED) is 0.876. The Morgan fingerprint density at radius 1 is 1.33 bits per heavy atom. The zero-order valence-electron chi connectivity index (χ0n) is 11.3. The second-order valence-electron chi connectivity index (χ2n) is 5.19. The number of hydrogen-bond acceptors (Lipinski definition) is 6. The summed E-state index contributed by atoms with van der Waals surface area (Å²) in [5.41, 5.74) is 5.78. The fourth-order valence-electron chi connectivity index (χ4n) is 2.22. The van der Waals surface area contributed by atoms with Gasteiger partial charge >= 0.3 is 6.01 Å². The smallest absolute Gasteiger partial charge is 0.323 e. The SMILES string of the molecule is CCCOc1nc(N)nc(N2CCCC2(C)C)n1. The predicted octanol–water partition coefficient (Wildman–Crippen LogP) is 1.62. The van der Waals surface area contributed by atoms with Crippen LogP contribution in [0.25, 0.3) is 0 Å². The summed E-state index contributed by atoms with van der Waals surface area (Å²) in [7, 11) is 0. The Bertz CT molecular complexity index is 421. The molecule has 6 heteroatoms. The fraction of sp³-hybridized carbons (Fsp3) is 0.750. The van der Waals surface area contributed by atoms with Crippen LogP contribution in [0, 0.1) is 0 Å². The molecule has 0 aliphatic carbocycles. The van der Waals surface area contributed by atoms with Gasteiger partial charge in [0.15, 0.2) is 0 Å². The van der Waals surface area contributed by atoms with Crippen molar-refractivity contribution >= 4 is 11.9 Å². The average molecular weight is 251 g/mol. The first-order valence-electron chi connectivity index (χ1n) is 6.45. The van der Waals surface area contributed by atoms with Crippen molar-refractivity contribution in [1.82, 2.24) is 15.0 Å². The van der Waals surface area contributed by atoms with Crippen LogP contribution in [-0.4, -0.2) is 33.6 Å². The number of nitrogens with two attached hydrogens (primary N) is 1. The van der Waals surface area contributed by atoms with E-state index in [0.29, 0.717) is 18.6 Å². The highest BCUT2D eigenvalue weighted by Gasteiger charge is 2.34. The fourth-order valence-corrected chi connectivity index (χ4v) is 2.22. The maximum Gasteiger partial charge on any atom is 0.323 e. The molecule has 1 fully saturated rings. The molecule has 6 nitrogen and oxygen atoms in total. The lowest BCUT2D eigenvalue weighted by Crippen LogP contribution is -2.39. The second-order valence-corrected chi connectivity index (χ2v) is 5.19. The molecular weight excluding hydrogens is 230 g/mol. The van der Waals surface area contributed by atoms with Gasteiger partial charge in [-0.2, -0.15) is 15.0 Å². The van der Waals surface area contributed by atoms with Crippen LogP contribution < -0.4 is 15.4 Å². The van der Waals surface area contributed by atoms with Crippen molar-refractivity contribution in [2.75, 3.05) is 23.8 Å². The van der Waals surface area contributed by atoms with E-state index < -0.39 is 0 Å². The molecule has 0 radical (unpaired) electrons. The molecule has 2 heterocycles. The van der Waals surface area contributed by atoms with Crippen molar-refractivity contribution in [2.45, 2.75) is 45.6 Å². The molecule has 0 atom stereocenters. The zero-order valence-corrected chi connectivity index (χ0v) is 11.3. The number of nitrogens with zero attached hydrogens (tertiary/aromatic N) is 4. The van der Waals surface area contributed by atoms with E-state index >= 15 is 0 Å². The normalized spacial score (nSPS) is 18.1. The van der Waals surface area contributed by atoms with Gasteiger partial charge < -0.3 is 15.4 Å². The van der Waals surface area contributed by atoms with Gasteiger partial charge in [0, 0.05) is 12.1 Å². The van der Waals surface area contributed by atoms with Gasteiger partial charge in [0.25, 0.3) is 0 Å². The molecule has 0 amide bonds. The minimum Gasteiger partial charge on any atom is -0.463 e. The van der Waals surface area contributed by atoms with Crippen LogP contribution in [0.3, 0.4) is 0 Å². The van der Waals surface area contributed by atoms with Gasteiger partial charge in [0.05, 0.1) is 6.61 Å². The highest BCUT2D eigenvalue weighted by molar-refractivity contribution is 5.40. The molecule has 1 aromatic heterocycles. The number of ether oxygens (including phenoxy) is 1. The maximum atomic E-state index is 5.72. The molecule has 1 aliphatic heterocycles. The van der Waals surface area contributed by atoms with E-state index in [0.717, 1.165) is 25.8 Å². The minimum atomic E-state index is 0.0653. The lowest BCUT2D eigenvalue weighted by Gasteiger charge is -2.31. The van der Waals surface area contributed by atoms with E-state index in [9.17, 15) is 0 Å². The summed E-state index contributed by atoms with van der Waals surface area (Å²) >= 11 is 0. The molecule has 0 spiro atoms. The third-order valence-corrected chi connectivity index (χ3v) is 3.20. The van der Waals surface area contributed by atoms with E-state index in [1.54, 1.807) is 0 Å². The first-order valence-corrected chi connectivity index (χ1v) is 6.45. The van der Waals surface area contributed by atoms with Gasteiger partial charge in [-0.25, -0.2) is 0 Å². The number of hydrogen-bond donors (Lipinski definition) is 1. The van der Waals surface area contributed by atoms with E-state index in [2.05, 4.69) is 33.7 Å². The van der Waals surface area contributed by atoms with Gasteiger partial charge in [-0.3, -0.25) is 0 Å². The summed E-state index contributed by atoms with van der Waals surface area (Å²) in [5, 5.41) is 0. The molecule has 2 N–H and O–H groups in total. The third kappa shape index (κ3) is 2.63. The van der Waals surface area contributed by atoms with Crippen LogP contribution in [0.5, 0.6) is 6.01 Å². The summed E-state index contributed by atoms with van der Waals surface area (Å²) in [4.78, 5) is 14.7. The standard InChI is InChI=1S/C12H21N5O/c1-4-8-18-11-15-9(13)14-10(16-11)17-7-5-6-12(17,2)3/h4-8H2,1-3H3,(H2,13,14,15,16). The van der Waals surface area contributed by atoms with Crippen molar-refractivity contribution < 1.29 is 4.74 Å². The van der Waals surface area contributed by atoms with Gasteiger partial charge in [0.2, 0.25) is 11.9 Å². The first kappa shape index (κ1) is 12.9. The Balaban J connectivity index is 2.24. The van der Waals surface area contributed by atoms with Crippen molar-refractivity contribution in [3.8, 4) is 6.01 Å². The van der Waals surface area contributed by atoms with Crippen LogP contribution >= 0.6 is 0 Å². The lowest BCUT2D eigenvalue weighted by molar-refractivity contribution is 0.291. The molecule has 0 aromatic carbocycles. The van der Waals surface area contributed by atoms with Gasteiger partial charge in [-0.05, 0) is 33.1 Å². The summed E-state index contributed by atoms with van der Waals surface area (Å²) < 4.78 is 5.44. The Hall–Kier alpha value is -1.59. The van der Waals surface area contributed by atoms with Crippen molar-refractivity contribution in [3.05, 3.63) is 0 Å². The Kier molecular flexibility index (Phi) is 3.54. The number of aromatic nitrogens is 3. The Labute approximate surface area is 108 Å². The highest BCUT2D eigenvalue weighted by Crippen LogP contribution is 2.32. The van der Waals surface area contributed by atoms with Crippen molar-refractivity contribution in [1.29, 1.82) is 0 Å². The number of rotatable bonds is 4. The van der Waals surface area contributed by atoms with E-state index in [1.165, 1.54) is 0 Å². The van der Waals surface area contributed by atoms with Crippen LogP contribution in [0.15, 0.2) is 0 Å². The molecule has 0 bridgehead atoms. The molecule has 1 aliphatic rings. The van der Waals surface area contributed by atoms with Crippen LogP contribution in [0.1, 0.15) is 40.0 Å². The summed E-state index contributed by atoms with van der Waals surface area (Å²) in [6.07, 6.45) is 3.18. The van der Waals surface area contributed by atoms with E-state index in [4.69, 9.17) is 10.5 Å². The molecule has 18 heavy (non-hydrogen) atoms. The average Bonchev–Trinajstić information content (AvgIpc) is 2.65. The Morgan fingerprint density at radius 3 is 2.72 bits per heavy atom. The van der Waals surface area contributed by atoms with Gasteiger partial charge in [0.1, 0.15) is 0 Å². The summed E-state index contributed by atoms with van der Waals surface area (Å²) in [5.74, 6) is 0.838. The molecule has 2 rings (SSSR count). The molecule has 1 saturated heterocycles.